The summed E-state index contributed by atoms with van der Waals surface area (Å²) >= 11 is 6.17. The highest BCUT2D eigenvalue weighted by Crippen LogP contribution is 2.35. The number of imide groups is 1. The van der Waals surface area contributed by atoms with Gasteiger partial charge in [-0.3, -0.25) is 9.59 Å². The van der Waals surface area contributed by atoms with Gasteiger partial charge < -0.3 is 0 Å². The Hall–Kier alpha value is -2.90. The van der Waals surface area contributed by atoms with Gasteiger partial charge in [0.25, 0.3) is 11.8 Å². The second-order valence-electron chi connectivity index (χ2n) is 5.59. The summed E-state index contributed by atoms with van der Waals surface area (Å²) in [6, 6.07) is 13.7. The van der Waals surface area contributed by atoms with Crippen LogP contribution in [-0.2, 0) is 9.59 Å². The van der Waals surface area contributed by atoms with Crippen molar-refractivity contribution in [2.75, 3.05) is 4.90 Å². The molecule has 2 aromatic carbocycles. The number of nitriles is 1. The average molecular weight is 337 g/mol. The number of hydrogen-bond acceptors (Lipinski definition) is 3. The molecule has 0 atom stereocenters. The van der Waals surface area contributed by atoms with E-state index in [1.54, 1.807) is 30.3 Å². The number of aryl methyl sites for hydroxylation is 2. The number of anilines is 1. The van der Waals surface area contributed by atoms with Gasteiger partial charge in [0, 0.05) is 0 Å². The fourth-order valence-corrected chi connectivity index (χ4v) is 2.84. The maximum Gasteiger partial charge on any atom is 0.277 e. The minimum absolute atomic E-state index is 0.0902. The highest BCUT2D eigenvalue weighted by atomic mass is 35.5. The number of benzene rings is 2. The predicted molar refractivity (Wildman–Crippen MR) is 92.3 cm³/mol. The van der Waals surface area contributed by atoms with E-state index in [1.807, 2.05) is 32.0 Å². The maximum absolute atomic E-state index is 12.8. The van der Waals surface area contributed by atoms with E-state index in [0.717, 1.165) is 16.0 Å². The van der Waals surface area contributed by atoms with Gasteiger partial charge in [0.1, 0.15) is 5.03 Å². The van der Waals surface area contributed by atoms with Crippen molar-refractivity contribution in [2.45, 2.75) is 13.8 Å². The molecule has 0 fully saturated rings. The minimum atomic E-state index is -0.556. The minimum Gasteiger partial charge on any atom is -0.268 e. The van der Waals surface area contributed by atoms with Crippen LogP contribution in [0.3, 0.4) is 0 Å². The van der Waals surface area contributed by atoms with E-state index < -0.39 is 11.8 Å². The molecule has 0 saturated heterocycles. The zero-order valence-corrected chi connectivity index (χ0v) is 13.9. The smallest absolute Gasteiger partial charge is 0.268 e. The van der Waals surface area contributed by atoms with Gasteiger partial charge in [-0.2, -0.15) is 5.26 Å². The molecule has 0 aliphatic carbocycles. The fraction of sp³-hybridized carbons (Fsp3) is 0.105. The van der Waals surface area contributed by atoms with E-state index in [-0.39, 0.29) is 10.6 Å². The van der Waals surface area contributed by atoms with Gasteiger partial charge in [-0.25, -0.2) is 4.90 Å². The molecule has 0 saturated carbocycles. The average Bonchev–Trinajstić information content (AvgIpc) is 2.80. The third-order valence-corrected chi connectivity index (χ3v) is 4.43. The molecule has 0 aromatic heterocycles. The molecule has 0 radical (unpaired) electrons. The molecule has 0 N–H and O–H groups in total. The lowest BCUT2D eigenvalue weighted by atomic mass is 10.0. The molecule has 3 rings (SSSR count). The van der Waals surface area contributed by atoms with Crippen molar-refractivity contribution in [3.05, 3.63) is 69.8 Å². The first kappa shape index (κ1) is 16.0. The van der Waals surface area contributed by atoms with Crippen molar-refractivity contribution in [3.63, 3.8) is 0 Å². The summed E-state index contributed by atoms with van der Waals surface area (Å²) in [7, 11) is 0. The second-order valence-corrected chi connectivity index (χ2v) is 5.97. The quantitative estimate of drug-likeness (QED) is 0.786. The summed E-state index contributed by atoms with van der Waals surface area (Å²) in [5.41, 5.74) is 3.77. The van der Waals surface area contributed by atoms with E-state index in [0.29, 0.717) is 16.8 Å². The zero-order chi connectivity index (χ0) is 17.4. The van der Waals surface area contributed by atoms with Crippen LogP contribution in [0.5, 0.6) is 0 Å². The van der Waals surface area contributed by atoms with Crippen LogP contribution in [0.4, 0.5) is 5.69 Å². The van der Waals surface area contributed by atoms with Crippen LogP contribution in [0.25, 0.3) is 5.57 Å². The summed E-state index contributed by atoms with van der Waals surface area (Å²) in [6.45, 7) is 3.91. The largest absolute Gasteiger partial charge is 0.277 e. The lowest BCUT2D eigenvalue weighted by Crippen LogP contribution is -2.31. The third kappa shape index (κ3) is 2.49. The summed E-state index contributed by atoms with van der Waals surface area (Å²) in [5.74, 6) is -1.02. The summed E-state index contributed by atoms with van der Waals surface area (Å²) in [6.07, 6.45) is 0. The molecule has 4 nitrogen and oxygen atoms in total. The van der Waals surface area contributed by atoms with Crippen molar-refractivity contribution in [2.24, 2.45) is 0 Å². The number of halogens is 1. The lowest BCUT2D eigenvalue weighted by molar-refractivity contribution is -0.119. The van der Waals surface area contributed by atoms with E-state index in [4.69, 9.17) is 16.9 Å². The highest BCUT2D eigenvalue weighted by Gasteiger charge is 2.39. The number of amides is 2. The van der Waals surface area contributed by atoms with E-state index in [1.165, 1.54) is 0 Å². The Morgan fingerprint density at radius 1 is 0.958 bits per heavy atom. The van der Waals surface area contributed by atoms with Gasteiger partial charge in [-0.05, 0) is 54.8 Å². The molecule has 5 heteroatoms. The van der Waals surface area contributed by atoms with Crippen LogP contribution in [0.1, 0.15) is 22.3 Å². The van der Waals surface area contributed by atoms with Gasteiger partial charge in [0.15, 0.2) is 0 Å². The van der Waals surface area contributed by atoms with Crippen molar-refractivity contribution >= 4 is 34.7 Å². The topological polar surface area (TPSA) is 61.2 Å². The van der Waals surface area contributed by atoms with Crippen LogP contribution in [0.15, 0.2) is 47.5 Å². The summed E-state index contributed by atoms with van der Waals surface area (Å²) in [5, 5.41) is 8.76. The molecular formula is C19H13ClN2O2. The van der Waals surface area contributed by atoms with Crippen LogP contribution in [-0.4, -0.2) is 11.8 Å². The van der Waals surface area contributed by atoms with Crippen molar-refractivity contribution in [1.82, 2.24) is 0 Å². The van der Waals surface area contributed by atoms with Crippen molar-refractivity contribution in [3.8, 4) is 6.07 Å². The van der Waals surface area contributed by atoms with Gasteiger partial charge in [-0.15, -0.1) is 0 Å². The number of rotatable bonds is 2. The van der Waals surface area contributed by atoms with Crippen LogP contribution < -0.4 is 4.90 Å². The second kappa shape index (κ2) is 5.95. The highest BCUT2D eigenvalue weighted by molar-refractivity contribution is 6.60. The Morgan fingerprint density at radius 3 is 2.21 bits per heavy atom. The molecular weight excluding hydrogens is 324 g/mol. The first-order valence-electron chi connectivity index (χ1n) is 7.30. The number of nitrogens with zero attached hydrogens (tertiary/aromatic N) is 2. The zero-order valence-electron chi connectivity index (χ0n) is 13.1. The molecule has 1 heterocycles. The van der Waals surface area contributed by atoms with Gasteiger partial charge in [0.2, 0.25) is 0 Å². The monoisotopic (exact) mass is 336 g/mol. The fourth-order valence-electron chi connectivity index (χ4n) is 2.57. The first-order chi connectivity index (χ1) is 11.4. The number of carbonyl (C=O) groups excluding carboxylic acids is 2. The Bertz CT molecular complexity index is 937. The number of hydrogen-bond donors (Lipinski definition) is 0. The Morgan fingerprint density at radius 2 is 1.62 bits per heavy atom. The Labute approximate surface area is 144 Å². The molecule has 0 bridgehead atoms. The SMILES string of the molecule is Cc1ccc(C2=C(Cl)C(=O)N(c3ccc(C#N)cc3)C2=O)cc1C. The van der Waals surface area contributed by atoms with Crippen LogP contribution in [0.2, 0.25) is 0 Å². The Kier molecular flexibility index (Phi) is 3.96. The van der Waals surface area contributed by atoms with Crippen LogP contribution >= 0.6 is 11.6 Å². The Balaban J connectivity index is 2.04. The lowest BCUT2D eigenvalue weighted by Gasteiger charge is -2.15. The van der Waals surface area contributed by atoms with Crippen molar-refractivity contribution < 1.29 is 9.59 Å². The van der Waals surface area contributed by atoms with Gasteiger partial charge in [0.05, 0.1) is 22.9 Å². The maximum atomic E-state index is 12.8. The molecule has 1 aliphatic rings. The molecule has 0 spiro atoms. The van der Waals surface area contributed by atoms with E-state index in [9.17, 15) is 9.59 Å². The number of carbonyl (C=O) groups is 2. The van der Waals surface area contributed by atoms with Crippen molar-refractivity contribution in [1.29, 1.82) is 5.26 Å². The molecule has 0 unspecified atom stereocenters. The first-order valence-corrected chi connectivity index (χ1v) is 7.68. The van der Waals surface area contributed by atoms with Gasteiger partial charge in [-0.1, -0.05) is 29.8 Å². The predicted octanol–water partition coefficient (Wildman–Crippen LogP) is 3.70. The summed E-state index contributed by atoms with van der Waals surface area (Å²) < 4.78 is 0. The van der Waals surface area contributed by atoms with Gasteiger partial charge >= 0.3 is 0 Å². The third-order valence-electron chi connectivity index (χ3n) is 4.08. The molecule has 2 aromatic rings. The normalized spacial score (nSPS) is 14.3. The standard InChI is InChI=1S/C19H13ClN2O2/c1-11-3-6-14(9-12(11)2)16-17(20)19(24)22(18(16)23)15-7-4-13(10-21)5-8-15/h3-9H,1-2H3. The summed E-state index contributed by atoms with van der Waals surface area (Å²) in [4.78, 5) is 26.3. The van der Waals surface area contributed by atoms with E-state index >= 15 is 0 Å². The molecule has 1 aliphatic heterocycles. The molecule has 2 amide bonds. The molecule has 24 heavy (non-hydrogen) atoms. The van der Waals surface area contributed by atoms with E-state index in [2.05, 4.69) is 0 Å². The van der Waals surface area contributed by atoms with Crippen LogP contribution in [0, 0.1) is 25.2 Å². The molecule has 118 valence electrons.